The molecule has 244 valence electrons. The van der Waals surface area contributed by atoms with Gasteiger partial charge in [0.25, 0.3) is 0 Å². The highest BCUT2D eigenvalue weighted by molar-refractivity contribution is 6.01. The highest BCUT2D eigenvalue weighted by Gasteiger charge is 2.75. The summed E-state index contributed by atoms with van der Waals surface area (Å²) in [7, 11) is 0. The molecule has 0 amide bonds. The summed E-state index contributed by atoms with van der Waals surface area (Å²) in [4.78, 5) is 26.0. The van der Waals surface area contributed by atoms with E-state index in [0.717, 1.165) is 36.0 Å². The molecular formula is C39H46O7. The zero-order valence-corrected chi connectivity index (χ0v) is 27.2. The molecule has 3 saturated carbocycles. The van der Waals surface area contributed by atoms with Crippen LogP contribution in [0.4, 0.5) is 0 Å². The molecule has 7 nitrogen and oxygen atoms in total. The number of aromatic hydroxyl groups is 1. The molecule has 7 rings (SSSR count). The van der Waals surface area contributed by atoms with Gasteiger partial charge in [0.1, 0.15) is 12.4 Å². The molecule has 1 saturated heterocycles. The fourth-order valence-electron chi connectivity index (χ4n) is 10.3. The Morgan fingerprint density at radius 2 is 1.89 bits per heavy atom. The molecule has 4 aliphatic carbocycles. The number of ketones is 2. The largest absolute Gasteiger partial charge is 0.508 e. The molecular weight excluding hydrogens is 580 g/mol. The van der Waals surface area contributed by atoms with Crippen LogP contribution in [0.2, 0.25) is 0 Å². The number of hydrogen-bond donors (Lipinski definition) is 3. The molecule has 1 heterocycles. The third-order valence-electron chi connectivity index (χ3n) is 12.2. The third-order valence-corrected chi connectivity index (χ3v) is 12.2. The van der Waals surface area contributed by atoms with E-state index in [2.05, 4.69) is 45.0 Å². The van der Waals surface area contributed by atoms with Gasteiger partial charge in [0, 0.05) is 28.7 Å². The summed E-state index contributed by atoms with van der Waals surface area (Å²) in [5.74, 6) is 0.279. The number of phenolic OH excluding ortho intramolecular Hbond substituents is 1. The molecule has 46 heavy (non-hydrogen) atoms. The fourth-order valence-corrected chi connectivity index (χ4v) is 10.3. The van der Waals surface area contributed by atoms with Crippen molar-refractivity contribution in [3.05, 3.63) is 88.5 Å². The van der Waals surface area contributed by atoms with E-state index in [1.54, 1.807) is 18.2 Å². The molecule has 0 bridgehead atoms. The highest BCUT2D eigenvalue weighted by Crippen LogP contribution is 2.70. The van der Waals surface area contributed by atoms with Crippen LogP contribution in [0.3, 0.4) is 0 Å². The Morgan fingerprint density at radius 3 is 2.63 bits per heavy atom. The van der Waals surface area contributed by atoms with E-state index >= 15 is 0 Å². The number of aliphatic hydroxyl groups excluding tert-OH is 2. The Morgan fingerprint density at radius 1 is 1.11 bits per heavy atom. The van der Waals surface area contributed by atoms with Crippen LogP contribution in [-0.2, 0) is 31.9 Å². The van der Waals surface area contributed by atoms with E-state index in [4.69, 9.17) is 9.47 Å². The number of fused-ring (bicyclic) bond motifs is 7. The number of hydrogen-bond acceptors (Lipinski definition) is 7. The predicted octanol–water partition coefficient (Wildman–Crippen LogP) is 5.78. The zero-order chi connectivity index (χ0) is 32.6. The van der Waals surface area contributed by atoms with Crippen molar-refractivity contribution in [2.24, 2.45) is 34.5 Å². The van der Waals surface area contributed by atoms with Crippen molar-refractivity contribution in [1.29, 1.82) is 0 Å². The Bertz CT molecular complexity index is 1620. The summed E-state index contributed by atoms with van der Waals surface area (Å²) in [6.45, 7) is 7.86. The minimum Gasteiger partial charge on any atom is -0.508 e. The first-order valence-electron chi connectivity index (χ1n) is 16.9. The van der Waals surface area contributed by atoms with Gasteiger partial charge in [-0.05, 0) is 84.8 Å². The van der Waals surface area contributed by atoms with Crippen molar-refractivity contribution in [2.45, 2.75) is 90.3 Å². The van der Waals surface area contributed by atoms with Crippen LogP contribution in [0.1, 0.15) is 81.9 Å². The summed E-state index contributed by atoms with van der Waals surface area (Å²) in [6.07, 6.45) is 7.14. The summed E-state index contributed by atoms with van der Waals surface area (Å²) in [5.41, 5.74) is 2.24. The van der Waals surface area contributed by atoms with Crippen LogP contribution in [0.5, 0.6) is 5.75 Å². The molecule has 7 heteroatoms. The van der Waals surface area contributed by atoms with Gasteiger partial charge in [-0.2, -0.15) is 0 Å². The van der Waals surface area contributed by atoms with Crippen LogP contribution in [0.15, 0.2) is 66.3 Å². The van der Waals surface area contributed by atoms with Crippen LogP contribution >= 0.6 is 0 Å². The van der Waals surface area contributed by atoms with Gasteiger partial charge in [-0.1, -0.05) is 75.7 Å². The average molecular weight is 627 g/mol. The number of benzene rings is 2. The summed E-state index contributed by atoms with van der Waals surface area (Å²) in [6, 6.07) is 13.9. The number of rotatable bonds is 7. The molecule has 3 N–H and O–H groups in total. The predicted molar refractivity (Wildman–Crippen MR) is 173 cm³/mol. The zero-order valence-electron chi connectivity index (χ0n) is 27.2. The summed E-state index contributed by atoms with van der Waals surface area (Å²) < 4.78 is 13.3. The second kappa shape index (κ2) is 11.3. The molecule has 0 spiro atoms. The maximum absolute atomic E-state index is 13.8. The average Bonchev–Trinajstić information content (AvgIpc) is 3.51. The Labute approximate surface area is 271 Å². The number of carbonyl (C=O) groups excluding carboxylic acids is 2. The first-order chi connectivity index (χ1) is 21.9. The van der Waals surface area contributed by atoms with Crippen LogP contribution in [0.25, 0.3) is 0 Å². The SMILES string of the molecule is CC(C)Cc1cccc(Cc2ccc([C@@H]3O[C@@H]4C[C@H]5[C@@H]6CCC7=CC(=O)C=C[C@]7(C)[C@H]6[C@@H](O)C[C@]5(C)[C@]4(C(=O)CO)O3)cc2O)c1. The molecule has 2 aromatic rings. The number of Topliss-reactive ketones (excluding diaryl/α,β-unsaturated/α-hetero) is 1. The molecule has 9 atom stereocenters. The fraction of sp³-hybridized carbons (Fsp3) is 0.538. The Balaban J connectivity index is 1.16. The molecule has 5 aliphatic rings. The van der Waals surface area contributed by atoms with Crippen molar-refractivity contribution in [3.8, 4) is 5.75 Å². The second-order valence-electron chi connectivity index (χ2n) is 15.3. The van der Waals surface area contributed by atoms with E-state index in [-0.39, 0.29) is 29.3 Å². The number of carbonyl (C=O) groups is 2. The number of aliphatic hydroxyl groups is 2. The first kappa shape index (κ1) is 31.5. The lowest BCUT2D eigenvalue weighted by Gasteiger charge is -2.59. The van der Waals surface area contributed by atoms with Crippen LogP contribution in [0, 0.1) is 34.5 Å². The van der Waals surface area contributed by atoms with Crippen molar-refractivity contribution in [3.63, 3.8) is 0 Å². The third kappa shape index (κ3) is 4.68. The number of phenols is 1. The van der Waals surface area contributed by atoms with E-state index in [1.807, 2.05) is 25.1 Å². The monoisotopic (exact) mass is 626 g/mol. The highest BCUT2D eigenvalue weighted by atomic mass is 16.7. The molecule has 1 aliphatic heterocycles. The Hall–Kier alpha value is -3.10. The standard InChI is InChI=1S/C39H46O7/c1-22(2)14-23-6-5-7-24(15-23)16-25-8-9-26(17-31(25)42)36-45-34-19-30-29-11-10-27-18-28(41)12-13-37(27,3)35(29)32(43)20-38(30,4)39(34,46-36)33(44)21-40/h5-9,12-13,15,17-18,22,29-30,32,34-36,40,42-43H,10-11,14,16,19-21H2,1-4H3/t29-,30-,32-,34+,35+,36+,37-,38-,39+/m0/s1. The van der Waals surface area contributed by atoms with E-state index in [1.165, 1.54) is 5.56 Å². The van der Waals surface area contributed by atoms with Gasteiger partial charge >= 0.3 is 0 Å². The Kier molecular flexibility index (Phi) is 7.71. The number of ether oxygens (including phenoxy) is 2. The summed E-state index contributed by atoms with van der Waals surface area (Å²) >= 11 is 0. The lowest BCUT2D eigenvalue weighted by molar-refractivity contribution is -0.201. The normalized spacial score (nSPS) is 37.8. The van der Waals surface area contributed by atoms with Crippen molar-refractivity contribution < 1.29 is 34.4 Å². The topological polar surface area (TPSA) is 113 Å². The molecule has 0 unspecified atom stereocenters. The molecule has 0 radical (unpaired) electrons. The van der Waals surface area contributed by atoms with Crippen molar-refractivity contribution >= 4 is 11.6 Å². The van der Waals surface area contributed by atoms with Crippen molar-refractivity contribution in [2.75, 3.05) is 6.61 Å². The van der Waals surface area contributed by atoms with Gasteiger partial charge in [-0.3, -0.25) is 9.59 Å². The maximum atomic E-state index is 13.8. The van der Waals surface area contributed by atoms with Crippen LogP contribution < -0.4 is 0 Å². The van der Waals surface area contributed by atoms with Crippen molar-refractivity contribution in [1.82, 2.24) is 0 Å². The van der Waals surface area contributed by atoms with Gasteiger partial charge in [0.15, 0.2) is 23.5 Å². The van der Waals surface area contributed by atoms with E-state index in [9.17, 15) is 24.9 Å². The maximum Gasteiger partial charge on any atom is 0.193 e. The molecule has 0 aromatic heterocycles. The minimum atomic E-state index is -1.43. The second-order valence-corrected chi connectivity index (χ2v) is 15.3. The van der Waals surface area contributed by atoms with Gasteiger partial charge in [-0.25, -0.2) is 0 Å². The van der Waals surface area contributed by atoms with E-state index in [0.29, 0.717) is 30.7 Å². The lowest BCUT2D eigenvalue weighted by atomic mass is 9.46. The first-order valence-corrected chi connectivity index (χ1v) is 16.9. The number of allylic oxidation sites excluding steroid dienone is 4. The van der Waals surface area contributed by atoms with Gasteiger partial charge in [-0.15, -0.1) is 0 Å². The van der Waals surface area contributed by atoms with Gasteiger partial charge < -0.3 is 24.8 Å². The molecule has 4 fully saturated rings. The lowest BCUT2D eigenvalue weighted by Crippen LogP contribution is -2.63. The minimum absolute atomic E-state index is 0.00768. The van der Waals surface area contributed by atoms with Gasteiger partial charge in [0.05, 0.1) is 12.2 Å². The summed E-state index contributed by atoms with van der Waals surface area (Å²) in [5, 5.41) is 33.2. The van der Waals surface area contributed by atoms with Gasteiger partial charge in [0.2, 0.25) is 0 Å². The quantitative estimate of drug-likeness (QED) is 0.357. The molecule has 2 aromatic carbocycles. The van der Waals surface area contributed by atoms with E-state index < -0.39 is 47.3 Å². The smallest absolute Gasteiger partial charge is 0.193 e. The van der Waals surface area contributed by atoms with Crippen LogP contribution in [-0.4, -0.2) is 51.3 Å².